The monoisotopic (exact) mass is 401 g/mol. The lowest BCUT2D eigenvalue weighted by Gasteiger charge is -2.08. The van der Waals surface area contributed by atoms with Crippen molar-refractivity contribution in [1.82, 2.24) is 0 Å². The summed E-state index contributed by atoms with van der Waals surface area (Å²) in [7, 11) is 0. The summed E-state index contributed by atoms with van der Waals surface area (Å²) >= 11 is 1.23. The standard InChI is InChI=1S/C20H13F2NO4S/c21-15-7-4-8-16(22)19(15)20(24)27-12-13-9-10-18(17(11-13)23(25)26)28-14-5-2-1-3-6-14/h1-11H,12H2. The maximum Gasteiger partial charge on any atom is 0.344 e. The van der Waals surface area contributed by atoms with Crippen molar-refractivity contribution in [3.8, 4) is 0 Å². The van der Waals surface area contributed by atoms with E-state index >= 15 is 0 Å². The Labute approximate surface area is 163 Å². The van der Waals surface area contributed by atoms with E-state index in [1.807, 2.05) is 30.3 Å². The highest BCUT2D eigenvalue weighted by Gasteiger charge is 2.20. The zero-order valence-corrected chi connectivity index (χ0v) is 15.1. The molecule has 0 saturated carbocycles. The third-order valence-electron chi connectivity index (χ3n) is 3.73. The van der Waals surface area contributed by atoms with Crippen molar-refractivity contribution in [3.63, 3.8) is 0 Å². The molecule has 0 aliphatic rings. The quantitative estimate of drug-likeness (QED) is 0.315. The van der Waals surface area contributed by atoms with Crippen LogP contribution in [-0.4, -0.2) is 10.9 Å². The Morgan fingerprint density at radius 3 is 2.32 bits per heavy atom. The van der Waals surface area contributed by atoms with Crippen molar-refractivity contribution < 1.29 is 23.2 Å². The molecule has 142 valence electrons. The smallest absolute Gasteiger partial charge is 0.344 e. The molecule has 0 amide bonds. The van der Waals surface area contributed by atoms with Gasteiger partial charge in [0.1, 0.15) is 23.8 Å². The molecule has 3 aromatic carbocycles. The molecule has 0 fully saturated rings. The molecule has 0 N–H and O–H groups in total. The molecular weight excluding hydrogens is 388 g/mol. The second-order valence-electron chi connectivity index (χ2n) is 5.65. The van der Waals surface area contributed by atoms with Crippen molar-refractivity contribution in [2.45, 2.75) is 16.4 Å². The predicted molar refractivity (Wildman–Crippen MR) is 99.1 cm³/mol. The fraction of sp³-hybridized carbons (Fsp3) is 0.0500. The number of halogens is 2. The number of nitro benzene ring substituents is 1. The van der Waals surface area contributed by atoms with Crippen LogP contribution in [0.4, 0.5) is 14.5 Å². The molecule has 0 atom stereocenters. The fourth-order valence-corrected chi connectivity index (χ4v) is 3.33. The molecule has 0 aromatic heterocycles. The van der Waals surface area contributed by atoms with E-state index in [1.54, 1.807) is 12.1 Å². The Morgan fingerprint density at radius 1 is 1.00 bits per heavy atom. The second-order valence-corrected chi connectivity index (χ2v) is 6.76. The largest absolute Gasteiger partial charge is 0.457 e. The van der Waals surface area contributed by atoms with Crippen LogP contribution in [0.3, 0.4) is 0 Å². The number of hydrogen-bond donors (Lipinski definition) is 0. The Morgan fingerprint density at radius 2 is 1.68 bits per heavy atom. The minimum Gasteiger partial charge on any atom is -0.457 e. The topological polar surface area (TPSA) is 69.4 Å². The first kappa shape index (κ1) is 19.5. The number of carbonyl (C=O) groups is 1. The van der Waals surface area contributed by atoms with Gasteiger partial charge in [-0.25, -0.2) is 13.6 Å². The third kappa shape index (κ3) is 4.52. The number of esters is 1. The van der Waals surface area contributed by atoms with Gasteiger partial charge in [0.05, 0.1) is 9.82 Å². The molecule has 5 nitrogen and oxygen atoms in total. The minimum atomic E-state index is -1.18. The van der Waals surface area contributed by atoms with E-state index in [9.17, 15) is 23.7 Å². The zero-order chi connectivity index (χ0) is 20.1. The van der Waals surface area contributed by atoms with Gasteiger partial charge in [-0.1, -0.05) is 42.1 Å². The summed E-state index contributed by atoms with van der Waals surface area (Å²) in [5, 5.41) is 11.4. The van der Waals surface area contributed by atoms with Crippen molar-refractivity contribution in [2.75, 3.05) is 0 Å². The summed E-state index contributed by atoms with van der Waals surface area (Å²) in [6.45, 7) is -0.357. The van der Waals surface area contributed by atoms with E-state index < -0.39 is 28.1 Å². The second kappa shape index (κ2) is 8.62. The number of rotatable bonds is 6. The first-order valence-electron chi connectivity index (χ1n) is 8.07. The van der Waals surface area contributed by atoms with Crippen LogP contribution in [0.2, 0.25) is 0 Å². The summed E-state index contributed by atoms with van der Waals surface area (Å²) in [6, 6.07) is 16.5. The molecule has 28 heavy (non-hydrogen) atoms. The van der Waals surface area contributed by atoms with Gasteiger partial charge in [-0.3, -0.25) is 10.1 Å². The maximum atomic E-state index is 13.6. The number of hydrogen-bond acceptors (Lipinski definition) is 5. The number of benzene rings is 3. The Kier molecular flexibility index (Phi) is 6.00. The lowest BCUT2D eigenvalue weighted by Crippen LogP contribution is -2.10. The molecule has 0 heterocycles. The molecule has 0 aliphatic carbocycles. The van der Waals surface area contributed by atoms with E-state index in [1.165, 1.54) is 17.8 Å². The van der Waals surface area contributed by atoms with Gasteiger partial charge in [-0.05, 0) is 35.9 Å². The molecule has 0 unspecified atom stereocenters. The van der Waals surface area contributed by atoms with Crippen LogP contribution >= 0.6 is 11.8 Å². The molecule has 0 aliphatic heterocycles. The van der Waals surface area contributed by atoms with Gasteiger partial charge in [0, 0.05) is 11.0 Å². The number of carbonyl (C=O) groups excluding carboxylic acids is 1. The Hall–Kier alpha value is -3.26. The number of nitrogens with zero attached hydrogens (tertiary/aromatic N) is 1. The van der Waals surface area contributed by atoms with Crippen LogP contribution in [0, 0.1) is 21.7 Å². The predicted octanol–water partition coefficient (Wildman–Crippen LogP) is 5.38. The lowest BCUT2D eigenvalue weighted by molar-refractivity contribution is -0.387. The average molecular weight is 401 g/mol. The van der Waals surface area contributed by atoms with Gasteiger partial charge in [0.2, 0.25) is 0 Å². The van der Waals surface area contributed by atoms with E-state index in [0.717, 1.165) is 23.1 Å². The molecule has 3 rings (SSSR count). The van der Waals surface area contributed by atoms with E-state index in [0.29, 0.717) is 10.5 Å². The molecule has 3 aromatic rings. The van der Waals surface area contributed by atoms with Crippen molar-refractivity contribution in [1.29, 1.82) is 0 Å². The summed E-state index contributed by atoms with van der Waals surface area (Å²) in [5.41, 5.74) is -0.623. The highest BCUT2D eigenvalue weighted by atomic mass is 32.2. The van der Waals surface area contributed by atoms with Gasteiger partial charge in [0.15, 0.2) is 0 Å². The van der Waals surface area contributed by atoms with Crippen molar-refractivity contribution >= 4 is 23.4 Å². The third-order valence-corrected chi connectivity index (χ3v) is 4.80. The maximum absolute atomic E-state index is 13.6. The number of nitro groups is 1. The molecule has 0 bridgehead atoms. The highest BCUT2D eigenvalue weighted by Crippen LogP contribution is 2.35. The van der Waals surface area contributed by atoms with E-state index in [2.05, 4.69) is 0 Å². The van der Waals surface area contributed by atoms with Crippen LogP contribution in [-0.2, 0) is 11.3 Å². The van der Waals surface area contributed by atoms with Crippen LogP contribution in [0.1, 0.15) is 15.9 Å². The Bertz CT molecular complexity index is 1010. The molecule has 0 radical (unpaired) electrons. The minimum absolute atomic E-state index is 0.153. The van der Waals surface area contributed by atoms with Crippen molar-refractivity contribution in [2.24, 2.45) is 0 Å². The summed E-state index contributed by atoms with van der Waals surface area (Å²) in [5.74, 6) is -3.25. The normalized spacial score (nSPS) is 10.5. The van der Waals surface area contributed by atoms with Gasteiger partial charge >= 0.3 is 5.97 Å². The van der Waals surface area contributed by atoms with Gasteiger partial charge < -0.3 is 4.74 Å². The lowest BCUT2D eigenvalue weighted by atomic mass is 10.2. The van der Waals surface area contributed by atoms with Crippen LogP contribution < -0.4 is 0 Å². The molecule has 8 heteroatoms. The van der Waals surface area contributed by atoms with Crippen molar-refractivity contribution in [3.05, 3.63) is 99.6 Å². The summed E-state index contributed by atoms with van der Waals surface area (Å²) in [6.07, 6.45) is 0. The van der Waals surface area contributed by atoms with Gasteiger partial charge in [-0.15, -0.1) is 0 Å². The highest BCUT2D eigenvalue weighted by molar-refractivity contribution is 7.99. The van der Waals surface area contributed by atoms with Crippen LogP contribution in [0.5, 0.6) is 0 Å². The van der Waals surface area contributed by atoms with Gasteiger partial charge in [-0.2, -0.15) is 0 Å². The van der Waals surface area contributed by atoms with Crippen LogP contribution in [0.25, 0.3) is 0 Å². The molecule has 0 spiro atoms. The SMILES string of the molecule is O=C(OCc1ccc(Sc2ccccc2)c([N+](=O)[O-])c1)c1c(F)cccc1F. The number of ether oxygens (including phenoxy) is 1. The molecule has 0 saturated heterocycles. The van der Waals surface area contributed by atoms with E-state index in [-0.39, 0.29) is 12.3 Å². The van der Waals surface area contributed by atoms with Crippen LogP contribution in [0.15, 0.2) is 76.5 Å². The molecular formula is C20H13F2NO4S. The first-order chi connectivity index (χ1) is 13.5. The van der Waals surface area contributed by atoms with E-state index in [4.69, 9.17) is 4.74 Å². The first-order valence-corrected chi connectivity index (χ1v) is 8.88. The van der Waals surface area contributed by atoms with Gasteiger partial charge in [0.25, 0.3) is 5.69 Å². The fourth-order valence-electron chi connectivity index (χ4n) is 2.41. The summed E-state index contributed by atoms with van der Waals surface area (Å²) in [4.78, 5) is 24.1. The zero-order valence-electron chi connectivity index (χ0n) is 14.3. The Balaban J connectivity index is 1.77. The average Bonchev–Trinajstić information content (AvgIpc) is 2.67. The summed E-state index contributed by atoms with van der Waals surface area (Å²) < 4.78 is 32.2.